The molecular formula is C16H20N4O. The first kappa shape index (κ1) is 12.8. The van der Waals surface area contributed by atoms with Crippen LogP contribution in [-0.2, 0) is 0 Å². The van der Waals surface area contributed by atoms with Gasteiger partial charge in [0.05, 0.1) is 5.52 Å². The zero-order valence-electron chi connectivity index (χ0n) is 12.1. The highest BCUT2D eigenvalue weighted by Crippen LogP contribution is 2.27. The topological polar surface area (TPSA) is 52.2 Å². The van der Waals surface area contributed by atoms with Gasteiger partial charge in [0, 0.05) is 37.6 Å². The summed E-state index contributed by atoms with van der Waals surface area (Å²) in [5.74, 6) is 0.0603. The molecule has 2 fully saturated rings. The van der Waals surface area contributed by atoms with E-state index in [2.05, 4.69) is 15.1 Å². The molecule has 2 aliphatic rings. The van der Waals surface area contributed by atoms with E-state index in [0.29, 0.717) is 5.69 Å². The van der Waals surface area contributed by atoms with Gasteiger partial charge >= 0.3 is 0 Å². The van der Waals surface area contributed by atoms with Gasteiger partial charge in [0.1, 0.15) is 0 Å². The fourth-order valence-electron chi connectivity index (χ4n) is 3.22. The molecule has 1 saturated carbocycles. The van der Waals surface area contributed by atoms with Gasteiger partial charge in [-0.3, -0.25) is 14.8 Å². The van der Waals surface area contributed by atoms with Crippen LogP contribution in [0.1, 0.15) is 29.8 Å². The van der Waals surface area contributed by atoms with Crippen molar-refractivity contribution in [2.45, 2.75) is 25.3 Å². The molecule has 1 aromatic carbocycles. The van der Waals surface area contributed by atoms with Gasteiger partial charge in [-0.2, -0.15) is 5.10 Å². The van der Waals surface area contributed by atoms with Crippen molar-refractivity contribution in [2.24, 2.45) is 0 Å². The fraction of sp³-hybridized carbons (Fsp3) is 0.500. The third-order valence-electron chi connectivity index (χ3n) is 4.55. The predicted molar refractivity (Wildman–Crippen MR) is 81.2 cm³/mol. The lowest BCUT2D eigenvalue weighted by Crippen LogP contribution is -2.36. The molecule has 1 saturated heterocycles. The summed E-state index contributed by atoms with van der Waals surface area (Å²) in [6.45, 7) is 3.77. The summed E-state index contributed by atoms with van der Waals surface area (Å²) in [5, 5.41) is 8.11. The number of H-pyrrole nitrogens is 1. The van der Waals surface area contributed by atoms with Gasteiger partial charge in [0.2, 0.25) is 0 Å². The lowest BCUT2D eigenvalue weighted by atomic mass is 10.2. The normalized spacial score (nSPS) is 20.7. The van der Waals surface area contributed by atoms with Crippen LogP contribution >= 0.6 is 0 Å². The monoisotopic (exact) mass is 284 g/mol. The molecule has 21 heavy (non-hydrogen) atoms. The molecular weight excluding hydrogens is 264 g/mol. The second-order valence-corrected chi connectivity index (χ2v) is 6.03. The van der Waals surface area contributed by atoms with Crippen LogP contribution in [0, 0.1) is 0 Å². The van der Waals surface area contributed by atoms with E-state index in [4.69, 9.17) is 0 Å². The minimum atomic E-state index is 0.0603. The van der Waals surface area contributed by atoms with Gasteiger partial charge in [-0.25, -0.2) is 0 Å². The molecule has 0 unspecified atom stereocenters. The number of aromatic amines is 1. The zero-order valence-corrected chi connectivity index (χ0v) is 12.1. The van der Waals surface area contributed by atoms with Gasteiger partial charge in [-0.1, -0.05) is 18.2 Å². The number of hydrogen-bond acceptors (Lipinski definition) is 3. The molecule has 2 heterocycles. The molecule has 1 aliphatic carbocycles. The molecule has 1 amide bonds. The number of carbonyl (C=O) groups is 1. The van der Waals surface area contributed by atoms with Crippen molar-refractivity contribution in [1.82, 2.24) is 20.0 Å². The predicted octanol–water partition coefficient (Wildman–Crippen LogP) is 1.87. The molecule has 0 spiro atoms. The summed E-state index contributed by atoms with van der Waals surface area (Å²) in [5.41, 5.74) is 1.49. The third kappa shape index (κ3) is 2.42. The van der Waals surface area contributed by atoms with Crippen molar-refractivity contribution in [2.75, 3.05) is 26.2 Å². The Morgan fingerprint density at radius 3 is 2.86 bits per heavy atom. The Hall–Kier alpha value is -1.88. The second kappa shape index (κ2) is 5.15. The van der Waals surface area contributed by atoms with Crippen LogP contribution in [0.5, 0.6) is 0 Å². The Morgan fingerprint density at radius 1 is 1.14 bits per heavy atom. The lowest BCUT2D eigenvalue weighted by molar-refractivity contribution is 0.0757. The third-order valence-corrected chi connectivity index (χ3v) is 4.55. The molecule has 5 heteroatoms. The van der Waals surface area contributed by atoms with Crippen LogP contribution in [0.25, 0.3) is 10.9 Å². The van der Waals surface area contributed by atoms with E-state index >= 15 is 0 Å². The SMILES string of the molecule is O=C(c1n[nH]c2ccccc12)N1CCCN(C2CC2)CC1. The van der Waals surface area contributed by atoms with Crippen LogP contribution in [0.4, 0.5) is 0 Å². The molecule has 1 N–H and O–H groups in total. The standard InChI is InChI=1S/C16H20N4O/c21-16(15-13-4-1-2-5-14(13)17-18-15)20-9-3-8-19(10-11-20)12-6-7-12/h1-2,4-5,12H,3,6-11H2,(H,17,18). The number of nitrogens with zero attached hydrogens (tertiary/aromatic N) is 3. The molecule has 1 aliphatic heterocycles. The quantitative estimate of drug-likeness (QED) is 0.916. The Bertz CT molecular complexity index is 661. The Morgan fingerprint density at radius 2 is 2.00 bits per heavy atom. The molecule has 5 nitrogen and oxygen atoms in total. The van der Waals surface area contributed by atoms with E-state index in [9.17, 15) is 4.79 Å². The molecule has 0 radical (unpaired) electrons. The first-order valence-electron chi connectivity index (χ1n) is 7.79. The molecule has 2 aromatic rings. The summed E-state index contributed by atoms with van der Waals surface area (Å²) in [6, 6.07) is 8.60. The fourth-order valence-corrected chi connectivity index (χ4v) is 3.22. The van der Waals surface area contributed by atoms with Gasteiger partial charge in [-0.15, -0.1) is 0 Å². The second-order valence-electron chi connectivity index (χ2n) is 6.03. The van der Waals surface area contributed by atoms with Gasteiger partial charge in [-0.05, 0) is 25.3 Å². The first-order chi connectivity index (χ1) is 10.3. The first-order valence-corrected chi connectivity index (χ1v) is 7.79. The highest BCUT2D eigenvalue weighted by Gasteiger charge is 2.31. The smallest absolute Gasteiger partial charge is 0.275 e. The van der Waals surface area contributed by atoms with Crippen molar-refractivity contribution in [3.8, 4) is 0 Å². The summed E-state index contributed by atoms with van der Waals surface area (Å²) in [6.07, 6.45) is 3.72. The molecule has 4 rings (SSSR count). The molecule has 0 atom stereocenters. The minimum Gasteiger partial charge on any atom is -0.336 e. The summed E-state index contributed by atoms with van der Waals surface area (Å²) >= 11 is 0. The number of hydrogen-bond donors (Lipinski definition) is 1. The summed E-state index contributed by atoms with van der Waals surface area (Å²) < 4.78 is 0. The number of aromatic nitrogens is 2. The highest BCUT2D eigenvalue weighted by molar-refractivity contribution is 6.04. The number of amides is 1. The average Bonchev–Trinajstić information content (AvgIpc) is 3.29. The summed E-state index contributed by atoms with van der Waals surface area (Å²) in [4.78, 5) is 17.2. The Labute approximate surface area is 123 Å². The zero-order chi connectivity index (χ0) is 14.2. The number of nitrogens with one attached hydrogen (secondary N) is 1. The van der Waals surface area contributed by atoms with Crippen LogP contribution in [0.2, 0.25) is 0 Å². The highest BCUT2D eigenvalue weighted by atomic mass is 16.2. The van der Waals surface area contributed by atoms with Crippen LogP contribution in [0.15, 0.2) is 24.3 Å². The van der Waals surface area contributed by atoms with Gasteiger partial charge in [0.15, 0.2) is 5.69 Å². The maximum Gasteiger partial charge on any atom is 0.275 e. The van der Waals surface area contributed by atoms with Crippen LogP contribution in [0.3, 0.4) is 0 Å². The number of carbonyl (C=O) groups excluding carboxylic acids is 1. The van der Waals surface area contributed by atoms with E-state index in [1.807, 2.05) is 29.2 Å². The van der Waals surface area contributed by atoms with Crippen LogP contribution < -0.4 is 0 Å². The van der Waals surface area contributed by atoms with Crippen molar-refractivity contribution < 1.29 is 4.79 Å². The van der Waals surface area contributed by atoms with E-state index in [1.54, 1.807) is 0 Å². The maximum absolute atomic E-state index is 12.7. The largest absolute Gasteiger partial charge is 0.336 e. The van der Waals surface area contributed by atoms with Crippen molar-refractivity contribution in [3.05, 3.63) is 30.0 Å². The Balaban J connectivity index is 1.53. The molecule has 1 aromatic heterocycles. The Kier molecular flexibility index (Phi) is 3.15. The number of rotatable bonds is 2. The molecule has 110 valence electrons. The van der Waals surface area contributed by atoms with Crippen molar-refractivity contribution in [3.63, 3.8) is 0 Å². The minimum absolute atomic E-state index is 0.0603. The van der Waals surface area contributed by atoms with E-state index in [1.165, 1.54) is 12.8 Å². The van der Waals surface area contributed by atoms with Gasteiger partial charge < -0.3 is 4.90 Å². The van der Waals surface area contributed by atoms with E-state index in [0.717, 1.165) is 49.5 Å². The van der Waals surface area contributed by atoms with E-state index in [-0.39, 0.29) is 5.91 Å². The number of para-hydroxylation sites is 1. The van der Waals surface area contributed by atoms with Crippen LogP contribution in [-0.4, -0.2) is 58.1 Å². The van der Waals surface area contributed by atoms with Gasteiger partial charge in [0.25, 0.3) is 5.91 Å². The van der Waals surface area contributed by atoms with Crippen molar-refractivity contribution in [1.29, 1.82) is 0 Å². The number of benzene rings is 1. The lowest BCUT2D eigenvalue weighted by Gasteiger charge is -2.21. The van der Waals surface area contributed by atoms with Crippen molar-refractivity contribution >= 4 is 16.8 Å². The van der Waals surface area contributed by atoms with E-state index < -0.39 is 0 Å². The molecule has 0 bridgehead atoms. The number of fused-ring (bicyclic) bond motifs is 1. The summed E-state index contributed by atoms with van der Waals surface area (Å²) in [7, 11) is 0. The maximum atomic E-state index is 12.7. The average molecular weight is 284 g/mol.